The van der Waals surface area contributed by atoms with Gasteiger partial charge in [-0.3, -0.25) is 0 Å². The van der Waals surface area contributed by atoms with Crippen molar-refractivity contribution in [1.82, 2.24) is 5.32 Å². The van der Waals surface area contributed by atoms with Gasteiger partial charge in [0.05, 0.1) is 0 Å². The average molecular weight is 253 g/mol. The Kier molecular flexibility index (Phi) is 5.50. The highest BCUT2D eigenvalue weighted by atomic mass is 16.3. The SMILES string of the molecule is C[C@@H](NCC1(CO)CCCCC1)C1CCCCC1. The third kappa shape index (κ3) is 3.71. The van der Waals surface area contributed by atoms with E-state index in [1.807, 2.05) is 0 Å². The lowest BCUT2D eigenvalue weighted by molar-refractivity contribution is 0.0752. The molecule has 0 spiro atoms. The van der Waals surface area contributed by atoms with Gasteiger partial charge in [-0.2, -0.15) is 0 Å². The molecule has 0 amide bonds. The summed E-state index contributed by atoms with van der Waals surface area (Å²) in [4.78, 5) is 0. The maximum atomic E-state index is 9.72. The fourth-order valence-corrected chi connectivity index (χ4v) is 3.87. The molecule has 18 heavy (non-hydrogen) atoms. The van der Waals surface area contributed by atoms with Crippen molar-refractivity contribution < 1.29 is 5.11 Å². The van der Waals surface area contributed by atoms with Gasteiger partial charge in [-0.05, 0) is 38.5 Å². The highest BCUT2D eigenvalue weighted by Crippen LogP contribution is 2.35. The van der Waals surface area contributed by atoms with Gasteiger partial charge in [-0.25, -0.2) is 0 Å². The molecule has 2 fully saturated rings. The predicted octanol–water partition coefficient (Wildman–Crippen LogP) is 3.49. The van der Waals surface area contributed by atoms with Crippen LogP contribution >= 0.6 is 0 Å². The van der Waals surface area contributed by atoms with Gasteiger partial charge >= 0.3 is 0 Å². The molecular formula is C16H31NO. The van der Waals surface area contributed by atoms with Crippen LogP contribution < -0.4 is 5.32 Å². The molecule has 2 nitrogen and oxygen atoms in total. The monoisotopic (exact) mass is 253 g/mol. The van der Waals surface area contributed by atoms with E-state index in [-0.39, 0.29) is 5.41 Å². The highest BCUT2D eigenvalue weighted by molar-refractivity contribution is 4.86. The zero-order valence-corrected chi connectivity index (χ0v) is 12.1. The van der Waals surface area contributed by atoms with Crippen molar-refractivity contribution in [3.05, 3.63) is 0 Å². The summed E-state index contributed by atoms with van der Waals surface area (Å²) in [6, 6.07) is 0.635. The maximum Gasteiger partial charge on any atom is 0.0499 e. The molecule has 2 saturated carbocycles. The Morgan fingerprint density at radius 2 is 1.67 bits per heavy atom. The molecule has 0 aromatic carbocycles. The maximum absolute atomic E-state index is 9.72. The number of aliphatic hydroxyl groups is 1. The van der Waals surface area contributed by atoms with Gasteiger partial charge in [0, 0.05) is 24.6 Å². The van der Waals surface area contributed by atoms with E-state index in [1.54, 1.807) is 0 Å². The minimum Gasteiger partial charge on any atom is -0.396 e. The van der Waals surface area contributed by atoms with E-state index in [9.17, 15) is 5.11 Å². The molecule has 0 saturated heterocycles. The minimum absolute atomic E-state index is 0.196. The minimum atomic E-state index is 0.196. The van der Waals surface area contributed by atoms with Gasteiger partial charge in [-0.15, -0.1) is 0 Å². The molecule has 2 rings (SSSR count). The third-order valence-corrected chi connectivity index (χ3v) is 5.41. The molecular weight excluding hydrogens is 222 g/mol. The molecule has 2 heteroatoms. The highest BCUT2D eigenvalue weighted by Gasteiger charge is 2.32. The van der Waals surface area contributed by atoms with Crippen molar-refractivity contribution >= 4 is 0 Å². The Morgan fingerprint density at radius 1 is 1.06 bits per heavy atom. The number of aliphatic hydroxyl groups excluding tert-OH is 1. The molecule has 0 bridgehead atoms. The summed E-state index contributed by atoms with van der Waals surface area (Å²) >= 11 is 0. The molecule has 2 N–H and O–H groups in total. The molecule has 2 aliphatic carbocycles. The number of hydrogen-bond acceptors (Lipinski definition) is 2. The summed E-state index contributed by atoms with van der Waals surface area (Å²) in [6.07, 6.45) is 13.5. The van der Waals surface area contributed by atoms with Gasteiger partial charge < -0.3 is 10.4 Å². The summed E-state index contributed by atoms with van der Waals surface area (Å²) in [7, 11) is 0. The lowest BCUT2D eigenvalue weighted by atomic mass is 9.74. The van der Waals surface area contributed by atoms with Crippen molar-refractivity contribution in [2.24, 2.45) is 11.3 Å². The Morgan fingerprint density at radius 3 is 2.28 bits per heavy atom. The van der Waals surface area contributed by atoms with Gasteiger partial charge in [-0.1, -0.05) is 38.5 Å². The summed E-state index contributed by atoms with van der Waals surface area (Å²) in [5.74, 6) is 0.873. The molecule has 0 unspecified atom stereocenters. The van der Waals surface area contributed by atoms with Gasteiger partial charge in [0.15, 0.2) is 0 Å². The first-order valence-electron chi connectivity index (χ1n) is 8.10. The molecule has 0 aliphatic heterocycles. The quantitative estimate of drug-likeness (QED) is 0.786. The second-order valence-corrected chi connectivity index (χ2v) is 6.79. The zero-order chi connectivity index (χ0) is 12.8. The third-order valence-electron chi connectivity index (χ3n) is 5.41. The molecule has 0 aromatic rings. The summed E-state index contributed by atoms with van der Waals surface area (Å²) in [5, 5.41) is 13.5. The second kappa shape index (κ2) is 6.91. The molecule has 106 valence electrons. The average Bonchev–Trinajstić information content (AvgIpc) is 2.47. The number of hydrogen-bond donors (Lipinski definition) is 2. The normalized spacial score (nSPS) is 27.0. The Bertz CT molecular complexity index is 229. The predicted molar refractivity (Wildman–Crippen MR) is 76.6 cm³/mol. The van der Waals surface area contributed by atoms with Crippen LogP contribution in [0.4, 0.5) is 0 Å². The van der Waals surface area contributed by atoms with Crippen LogP contribution in [0.3, 0.4) is 0 Å². The van der Waals surface area contributed by atoms with E-state index in [0.717, 1.165) is 12.5 Å². The molecule has 0 heterocycles. The van der Waals surface area contributed by atoms with Crippen LogP contribution in [-0.2, 0) is 0 Å². The van der Waals surface area contributed by atoms with Crippen LogP contribution in [0.15, 0.2) is 0 Å². The van der Waals surface area contributed by atoms with Crippen LogP contribution in [0, 0.1) is 11.3 Å². The summed E-state index contributed by atoms with van der Waals surface area (Å²) in [5.41, 5.74) is 0.196. The first kappa shape index (κ1) is 14.3. The van der Waals surface area contributed by atoms with Crippen LogP contribution in [0.2, 0.25) is 0 Å². The van der Waals surface area contributed by atoms with Crippen LogP contribution in [0.25, 0.3) is 0 Å². The van der Waals surface area contributed by atoms with Gasteiger partial charge in [0.1, 0.15) is 0 Å². The Labute approximate surface area is 113 Å². The molecule has 1 atom stereocenters. The van der Waals surface area contributed by atoms with Crippen LogP contribution in [0.5, 0.6) is 0 Å². The zero-order valence-electron chi connectivity index (χ0n) is 12.1. The lowest BCUT2D eigenvalue weighted by Crippen LogP contribution is -2.44. The number of nitrogens with one attached hydrogen (secondary N) is 1. The summed E-state index contributed by atoms with van der Waals surface area (Å²) in [6.45, 7) is 3.75. The van der Waals surface area contributed by atoms with Crippen LogP contribution in [0.1, 0.15) is 71.1 Å². The van der Waals surface area contributed by atoms with Crippen molar-refractivity contribution in [3.8, 4) is 0 Å². The standard InChI is InChI=1S/C16H31NO/c1-14(15-8-4-2-5-9-15)17-12-16(13-18)10-6-3-7-11-16/h14-15,17-18H,2-13H2,1H3/t14-/m1/s1. The fourth-order valence-electron chi connectivity index (χ4n) is 3.87. The van der Waals surface area contributed by atoms with E-state index < -0.39 is 0 Å². The van der Waals surface area contributed by atoms with Crippen molar-refractivity contribution in [2.45, 2.75) is 77.2 Å². The molecule has 0 aromatic heterocycles. The van der Waals surface area contributed by atoms with E-state index >= 15 is 0 Å². The second-order valence-electron chi connectivity index (χ2n) is 6.79. The van der Waals surface area contributed by atoms with Gasteiger partial charge in [0.25, 0.3) is 0 Å². The van der Waals surface area contributed by atoms with E-state index in [0.29, 0.717) is 12.6 Å². The van der Waals surface area contributed by atoms with Gasteiger partial charge in [0.2, 0.25) is 0 Å². The van der Waals surface area contributed by atoms with Crippen molar-refractivity contribution in [3.63, 3.8) is 0 Å². The van der Waals surface area contributed by atoms with E-state index in [2.05, 4.69) is 12.2 Å². The summed E-state index contributed by atoms with van der Waals surface area (Å²) < 4.78 is 0. The first-order chi connectivity index (χ1) is 8.76. The van der Waals surface area contributed by atoms with E-state index in [4.69, 9.17) is 0 Å². The number of rotatable bonds is 5. The smallest absolute Gasteiger partial charge is 0.0499 e. The molecule has 0 radical (unpaired) electrons. The Balaban J connectivity index is 1.77. The van der Waals surface area contributed by atoms with Crippen molar-refractivity contribution in [1.29, 1.82) is 0 Å². The topological polar surface area (TPSA) is 32.3 Å². The van der Waals surface area contributed by atoms with E-state index in [1.165, 1.54) is 64.2 Å². The lowest BCUT2D eigenvalue weighted by Gasteiger charge is -2.38. The first-order valence-corrected chi connectivity index (χ1v) is 8.10. The largest absolute Gasteiger partial charge is 0.396 e. The molecule has 2 aliphatic rings. The van der Waals surface area contributed by atoms with Crippen LogP contribution in [-0.4, -0.2) is 24.3 Å². The van der Waals surface area contributed by atoms with Crippen molar-refractivity contribution in [2.75, 3.05) is 13.2 Å². The Hall–Kier alpha value is -0.0800. The fraction of sp³-hybridized carbons (Fsp3) is 1.00.